The SMILES string of the molecule is Cl.NCc1nc(-c2ccc(NC(=O)C3CCCCC3)cc2)n[nH]1. The Bertz CT molecular complexity index is 634. The predicted octanol–water partition coefficient (Wildman–Crippen LogP) is 2.87. The molecule has 124 valence electrons. The number of anilines is 1. The van der Waals surface area contributed by atoms with Gasteiger partial charge in [0.05, 0.1) is 6.54 Å². The Labute approximate surface area is 141 Å². The number of hydrogen-bond acceptors (Lipinski definition) is 4. The van der Waals surface area contributed by atoms with Crippen molar-refractivity contribution >= 4 is 24.0 Å². The zero-order valence-corrected chi connectivity index (χ0v) is 13.7. The van der Waals surface area contributed by atoms with Crippen LogP contribution in [0.15, 0.2) is 24.3 Å². The summed E-state index contributed by atoms with van der Waals surface area (Å²) in [6, 6.07) is 7.57. The number of hydrogen-bond donors (Lipinski definition) is 3. The Morgan fingerprint density at radius 1 is 1.22 bits per heavy atom. The second-order valence-corrected chi connectivity index (χ2v) is 5.71. The molecule has 3 rings (SSSR count). The normalized spacial score (nSPS) is 15.0. The third kappa shape index (κ3) is 4.30. The van der Waals surface area contributed by atoms with E-state index in [2.05, 4.69) is 20.5 Å². The van der Waals surface area contributed by atoms with Crippen molar-refractivity contribution in [1.82, 2.24) is 15.2 Å². The molecule has 4 N–H and O–H groups in total. The van der Waals surface area contributed by atoms with E-state index < -0.39 is 0 Å². The Kier molecular flexibility index (Phi) is 6.12. The highest BCUT2D eigenvalue weighted by Crippen LogP contribution is 2.25. The number of carbonyl (C=O) groups is 1. The minimum atomic E-state index is 0. The molecule has 0 aliphatic heterocycles. The van der Waals surface area contributed by atoms with Crippen LogP contribution in [0.3, 0.4) is 0 Å². The number of amides is 1. The van der Waals surface area contributed by atoms with Gasteiger partial charge in [0.15, 0.2) is 5.82 Å². The van der Waals surface area contributed by atoms with Gasteiger partial charge in [0, 0.05) is 17.2 Å². The summed E-state index contributed by atoms with van der Waals surface area (Å²) in [6.45, 7) is 0.336. The lowest BCUT2D eigenvalue weighted by Crippen LogP contribution is -2.24. The van der Waals surface area contributed by atoms with Crippen molar-refractivity contribution in [3.63, 3.8) is 0 Å². The molecule has 6 nitrogen and oxygen atoms in total. The molecule has 1 aromatic heterocycles. The third-order valence-corrected chi connectivity index (χ3v) is 4.11. The van der Waals surface area contributed by atoms with Gasteiger partial charge in [-0.25, -0.2) is 4.98 Å². The molecule has 0 bridgehead atoms. The van der Waals surface area contributed by atoms with E-state index in [1.54, 1.807) is 0 Å². The number of benzene rings is 1. The summed E-state index contributed by atoms with van der Waals surface area (Å²) < 4.78 is 0. The summed E-state index contributed by atoms with van der Waals surface area (Å²) in [5.41, 5.74) is 7.22. The van der Waals surface area contributed by atoms with Crippen molar-refractivity contribution in [2.45, 2.75) is 38.6 Å². The highest BCUT2D eigenvalue weighted by atomic mass is 35.5. The van der Waals surface area contributed by atoms with Crippen molar-refractivity contribution in [1.29, 1.82) is 0 Å². The number of aromatic nitrogens is 3. The summed E-state index contributed by atoms with van der Waals surface area (Å²) >= 11 is 0. The van der Waals surface area contributed by atoms with Gasteiger partial charge in [-0.2, -0.15) is 5.10 Å². The molecule has 1 fully saturated rings. The first kappa shape index (κ1) is 17.4. The summed E-state index contributed by atoms with van der Waals surface area (Å²) in [5, 5.41) is 9.90. The highest BCUT2D eigenvalue weighted by Gasteiger charge is 2.20. The molecule has 1 aromatic carbocycles. The van der Waals surface area contributed by atoms with Crippen molar-refractivity contribution in [3.05, 3.63) is 30.1 Å². The van der Waals surface area contributed by atoms with E-state index >= 15 is 0 Å². The number of rotatable bonds is 4. The average molecular weight is 336 g/mol. The van der Waals surface area contributed by atoms with Crippen LogP contribution in [-0.4, -0.2) is 21.1 Å². The fourth-order valence-electron chi connectivity index (χ4n) is 2.83. The number of nitrogens with one attached hydrogen (secondary N) is 2. The maximum atomic E-state index is 12.2. The average Bonchev–Trinajstić information content (AvgIpc) is 3.05. The van der Waals surface area contributed by atoms with Crippen molar-refractivity contribution in [2.75, 3.05) is 5.32 Å². The number of carbonyl (C=O) groups excluding carboxylic acids is 1. The monoisotopic (exact) mass is 335 g/mol. The van der Waals surface area contributed by atoms with Gasteiger partial charge in [0.25, 0.3) is 0 Å². The van der Waals surface area contributed by atoms with Crippen LogP contribution in [0.2, 0.25) is 0 Å². The second kappa shape index (κ2) is 8.08. The van der Waals surface area contributed by atoms with Crippen LogP contribution in [0.1, 0.15) is 37.9 Å². The molecular weight excluding hydrogens is 314 g/mol. The van der Waals surface area contributed by atoms with Crippen LogP contribution in [0, 0.1) is 5.92 Å². The predicted molar refractivity (Wildman–Crippen MR) is 92.2 cm³/mol. The molecule has 23 heavy (non-hydrogen) atoms. The van der Waals surface area contributed by atoms with Gasteiger partial charge in [-0.15, -0.1) is 12.4 Å². The topological polar surface area (TPSA) is 96.7 Å². The Hall–Kier alpha value is -1.92. The Morgan fingerprint density at radius 3 is 2.52 bits per heavy atom. The summed E-state index contributed by atoms with van der Waals surface area (Å²) in [6.07, 6.45) is 5.57. The van der Waals surface area contributed by atoms with Gasteiger partial charge in [-0.3, -0.25) is 9.89 Å². The van der Waals surface area contributed by atoms with Crippen LogP contribution in [0.25, 0.3) is 11.4 Å². The van der Waals surface area contributed by atoms with E-state index in [1.165, 1.54) is 6.42 Å². The van der Waals surface area contributed by atoms with Crippen LogP contribution < -0.4 is 11.1 Å². The lowest BCUT2D eigenvalue weighted by Gasteiger charge is -2.20. The molecule has 0 saturated heterocycles. The van der Waals surface area contributed by atoms with E-state index in [4.69, 9.17) is 5.73 Å². The molecule has 0 unspecified atom stereocenters. The zero-order valence-electron chi connectivity index (χ0n) is 12.9. The Morgan fingerprint density at radius 2 is 1.91 bits per heavy atom. The molecule has 1 amide bonds. The molecule has 0 spiro atoms. The van der Waals surface area contributed by atoms with E-state index in [0.717, 1.165) is 36.9 Å². The zero-order chi connectivity index (χ0) is 15.4. The van der Waals surface area contributed by atoms with Crippen molar-refractivity contribution in [2.24, 2.45) is 11.7 Å². The van der Waals surface area contributed by atoms with E-state index in [-0.39, 0.29) is 24.2 Å². The number of aromatic amines is 1. The van der Waals surface area contributed by atoms with E-state index in [1.807, 2.05) is 24.3 Å². The smallest absolute Gasteiger partial charge is 0.227 e. The molecule has 1 heterocycles. The molecule has 0 radical (unpaired) electrons. The van der Waals surface area contributed by atoms with Crippen LogP contribution in [-0.2, 0) is 11.3 Å². The maximum Gasteiger partial charge on any atom is 0.227 e. The number of nitrogens with two attached hydrogens (primary N) is 1. The van der Waals surface area contributed by atoms with Gasteiger partial charge in [0.2, 0.25) is 5.91 Å². The van der Waals surface area contributed by atoms with Gasteiger partial charge < -0.3 is 11.1 Å². The summed E-state index contributed by atoms with van der Waals surface area (Å²) in [5.74, 6) is 1.57. The largest absolute Gasteiger partial charge is 0.326 e. The third-order valence-electron chi connectivity index (χ3n) is 4.11. The van der Waals surface area contributed by atoms with Crippen molar-refractivity contribution in [3.8, 4) is 11.4 Å². The van der Waals surface area contributed by atoms with Crippen LogP contribution in [0.4, 0.5) is 5.69 Å². The molecule has 1 aliphatic carbocycles. The summed E-state index contributed by atoms with van der Waals surface area (Å²) in [7, 11) is 0. The van der Waals surface area contributed by atoms with E-state index in [9.17, 15) is 4.79 Å². The molecule has 0 atom stereocenters. The fraction of sp³-hybridized carbons (Fsp3) is 0.438. The maximum absolute atomic E-state index is 12.2. The van der Waals surface area contributed by atoms with Crippen molar-refractivity contribution < 1.29 is 4.79 Å². The minimum absolute atomic E-state index is 0. The first-order chi connectivity index (χ1) is 10.8. The van der Waals surface area contributed by atoms with Gasteiger partial charge in [0.1, 0.15) is 5.82 Å². The quantitative estimate of drug-likeness (QED) is 0.800. The molecular formula is C16H22ClN5O. The second-order valence-electron chi connectivity index (χ2n) is 5.71. The molecule has 2 aromatic rings. The number of nitrogens with zero attached hydrogens (tertiary/aromatic N) is 2. The lowest BCUT2D eigenvalue weighted by molar-refractivity contribution is -0.120. The van der Waals surface area contributed by atoms with Gasteiger partial charge in [-0.1, -0.05) is 19.3 Å². The fourth-order valence-corrected chi connectivity index (χ4v) is 2.83. The van der Waals surface area contributed by atoms with Gasteiger partial charge in [-0.05, 0) is 37.1 Å². The standard InChI is InChI=1S/C16H21N5O.ClH/c17-10-14-19-15(21-20-14)11-6-8-13(9-7-11)18-16(22)12-4-2-1-3-5-12;/h6-9,12H,1-5,10,17H2,(H,18,22)(H,19,20,21);1H. The van der Waals surface area contributed by atoms with Gasteiger partial charge >= 0.3 is 0 Å². The summed E-state index contributed by atoms with van der Waals surface area (Å²) in [4.78, 5) is 16.5. The molecule has 7 heteroatoms. The molecule has 1 aliphatic rings. The van der Waals surface area contributed by atoms with E-state index in [0.29, 0.717) is 18.2 Å². The number of H-pyrrole nitrogens is 1. The molecule has 1 saturated carbocycles. The minimum Gasteiger partial charge on any atom is -0.326 e. The first-order valence-corrected chi connectivity index (χ1v) is 7.79. The van der Waals surface area contributed by atoms with Crippen LogP contribution in [0.5, 0.6) is 0 Å². The lowest BCUT2D eigenvalue weighted by atomic mass is 9.88. The van der Waals surface area contributed by atoms with Crippen LogP contribution >= 0.6 is 12.4 Å². The highest BCUT2D eigenvalue weighted by molar-refractivity contribution is 5.92. The first-order valence-electron chi connectivity index (χ1n) is 7.79. The number of halogens is 1. The Balaban J connectivity index is 0.00000192.